The summed E-state index contributed by atoms with van der Waals surface area (Å²) in [7, 11) is 0. The predicted octanol–water partition coefficient (Wildman–Crippen LogP) is 2.50. The Bertz CT molecular complexity index is 275. The van der Waals surface area contributed by atoms with Crippen molar-refractivity contribution in [1.29, 1.82) is 0 Å². The molecule has 0 radical (unpaired) electrons. The minimum atomic E-state index is -0.615. The lowest BCUT2D eigenvalue weighted by Gasteiger charge is -2.46. The maximum atomic E-state index is 11.6. The molecular weight excluding hydrogens is 202 g/mol. The van der Waals surface area contributed by atoms with Crippen LogP contribution in [0.3, 0.4) is 0 Å². The van der Waals surface area contributed by atoms with E-state index in [0.29, 0.717) is 12.0 Å². The first kappa shape index (κ1) is 11.9. The molecule has 92 valence electrons. The molecule has 0 aromatic rings. The largest absolute Gasteiger partial charge is 0.480 e. The number of nitrogens with zero attached hydrogens (tertiary/aromatic N) is 1. The lowest BCUT2D eigenvalue weighted by molar-refractivity contribution is -0.155. The van der Waals surface area contributed by atoms with Crippen LogP contribution in [0, 0.1) is 5.92 Å². The highest BCUT2D eigenvalue weighted by Gasteiger charge is 2.53. The summed E-state index contributed by atoms with van der Waals surface area (Å²) in [5.74, 6) is -0.229. The molecule has 2 unspecified atom stereocenters. The normalized spacial score (nSPS) is 31.0. The van der Waals surface area contributed by atoms with Gasteiger partial charge in [-0.2, -0.15) is 0 Å². The van der Waals surface area contributed by atoms with E-state index in [4.69, 9.17) is 0 Å². The van der Waals surface area contributed by atoms with Gasteiger partial charge in [0, 0.05) is 6.04 Å². The van der Waals surface area contributed by atoms with Gasteiger partial charge >= 0.3 is 5.97 Å². The topological polar surface area (TPSA) is 40.5 Å². The minimum absolute atomic E-state index is 0.386. The zero-order valence-electron chi connectivity index (χ0n) is 10.4. The van der Waals surface area contributed by atoms with Gasteiger partial charge in [0.25, 0.3) is 0 Å². The predicted molar refractivity (Wildman–Crippen MR) is 63.4 cm³/mol. The van der Waals surface area contributed by atoms with Crippen LogP contribution in [0.2, 0.25) is 0 Å². The van der Waals surface area contributed by atoms with Crippen molar-refractivity contribution in [1.82, 2.24) is 4.90 Å². The molecule has 0 bridgehead atoms. The molecule has 3 heteroatoms. The molecule has 3 nitrogen and oxygen atoms in total. The van der Waals surface area contributed by atoms with Gasteiger partial charge in [0.1, 0.15) is 5.54 Å². The fourth-order valence-corrected chi connectivity index (χ4v) is 3.21. The molecule has 1 saturated heterocycles. The summed E-state index contributed by atoms with van der Waals surface area (Å²) in [6.45, 7) is 5.09. The monoisotopic (exact) mass is 225 g/mol. The van der Waals surface area contributed by atoms with Gasteiger partial charge in [-0.1, -0.05) is 13.3 Å². The third-order valence-corrected chi connectivity index (χ3v) is 4.50. The van der Waals surface area contributed by atoms with Crippen LogP contribution in [-0.2, 0) is 4.79 Å². The smallest absolute Gasteiger partial charge is 0.324 e. The molecule has 1 N–H and O–H groups in total. The second-order valence-electron chi connectivity index (χ2n) is 5.48. The van der Waals surface area contributed by atoms with E-state index in [0.717, 1.165) is 32.2 Å². The lowest BCUT2D eigenvalue weighted by Crippen LogP contribution is -2.59. The molecule has 2 atom stereocenters. The van der Waals surface area contributed by atoms with Crippen LogP contribution in [0.4, 0.5) is 0 Å². The fraction of sp³-hybridized carbons (Fsp3) is 0.923. The first-order valence-corrected chi connectivity index (χ1v) is 6.60. The Morgan fingerprint density at radius 3 is 2.56 bits per heavy atom. The summed E-state index contributed by atoms with van der Waals surface area (Å²) in [6, 6.07) is 0.482. The van der Waals surface area contributed by atoms with Crippen LogP contribution in [0.25, 0.3) is 0 Å². The van der Waals surface area contributed by atoms with Gasteiger partial charge in [0.2, 0.25) is 0 Å². The average Bonchev–Trinajstić information content (AvgIpc) is 3.11. The maximum absolute atomic E-state index is 11.6. The van der Waals surface area contributed by atoms with Crippen molar-refractivity contribution in [2.45, 2.75) is 64.0 Å². The van der Waals surface area contributed by atoms with Crippen molar-refractivity contribution in [3.8, 4) is 0 Å². The van der Waals surface area contributed by atoms with Crippen LogP contribution < -0.4 is 0 Å². The molecule has 1 heterocycles. The summed E-state index contributed by atoms with van der Waals surface area (Å²) in [5.41, 5.74) is -0.596. The molecule has 2 aliphatic rings. The molecule has 2 fully saturated rings. The van der Waals surface area contributed by atoms with Crippen molar-refractivity contribution >= 4 is 5.97 Å². The van der Waals surface area contributed by atoms with Gasteiger partial charge in [-0.3, -0.25) is 9.69 Å². The molecular formula is C13H23NO2. The number of hydrogen-bond donors (Lipinski definition) is 1. The Morgan fingerprint density at radius 2 is 2.06 bits per heavy atom. The van der Waals surface area contributed by atoms with Crippen molar-refractivity contribution in [3.63, 3.8) is 0 Å². The highest BCUT2D eigenvalue weighted by molar-refractivity contribution is 5.79. The number of carboxylic acids is 1. The standard InChI is InChI=1S/C13H23NO2/c1-3-11-6-4-5-9-14(11)13(2,12(15)16)10-7-8-10/h10-11H,3-9H2,1-2H3,(H,15,16). The summed E-state index contributed by atoms with van der Waals surface area (Å²) >= 11 is 0. The van der Waals surface area contributed by atoms with Gasteiger partial charge < -0.3 is 5.11 Å². The van der Waals surface area contributed by atoms with E-state index in [-0.39, 0.29) is 0 Å². The van der Waals surface area contributed by atoms with Crippen LogP contribution in [0.15, 0.2) is 0 Å². The van der Waals surface area contributed by atoms with Gasteiger partial charge in [-0.15, -0.1) is 0 Å². The van der Waals surface area contributed by atoms with Crippen molar-refractivity contribution < 1.29 is 9.90 Å². The fourth-order valence-electron chi connectivity index (χ4n) is 3.21. The second kappa shape index (κ2) is 4.36. The summed E-state index contributed by atoms with van der Waals surface area (Å²) in [4.78, 5) is 13.9. The zero-order chi connectivity index (χ0) is 11.8. The van der Waals surface area contributed by atoms with E-state index in [1.807, 2.05) is 6.92 Å². The lowest BCUT2D eigenvalue weighted by atomic mass is 9.87. The average molecular weight is 225 g/mol. The van der Waals surface area contributed by atoms with Crippen LogP contribution in [-0.4, -0.2) is 34.1 Å². The van der Waals surface area contributed by atoms with Gasteiger partial charge in [0.15, 0.2) is 0 Å². The Kier molecular flexibility index (Phi) is 3.24. The van der Waals surface area contributed by atoms with Gasteiger partial charge in [-0.05, 0) is 51.5 Å². The molecule has 0 aromatic heterocycles. The highest BCUT2D eigenvalue weighted by Crippen LogP contribution is 2.45. The van der Waals surface area contributed by atoms with E-state index >= 15 is 0 Å². The molecule has 0 amide bonds. The van der Waals surface area contributed by atoms with E-state index in [2.05, 4.69) is 11.8 Å². The number of carbonyl (C=O) groups is 1. The van der Waals surface area contributed by atoms with Crippen molar-refractivity contribution in [2.75, 3.05) is 6.54 Å². The SMILES string of the molecule is CCC1CCCCN1C(C)(C(=O)O)C1CC1. The first-order valence-electron chi connectivity index (χ1n) is 6.60. The third kappa shape index (κ3) is 1.86. The Hall–Kier alpha value is -0.570. The van der Waals surface area contributed by atoms with Crippen LogP contribution in [0.5, 0.6) is 0 Å². The summed E-state index contributed by atoms with van der Waals surface area (Å²) in [6.07, 6.45) is 6.86. The quantitative estimate of drug-likeness (QED) is 0.799. The van der Waals surface area contributed by atoms with E-state index in [1.54, 1.807) is 0 Å². The minimum Gasteiger partial charge on any atom is -0.480 e. The zero-order valence-corrected chi connectivity index (χ0v) is 10.4. The number of likely N-dealkylation sites (tertiary alicyclic amines) is 1. The number of aliphatic carboxylic acids is 1. The Balaban J connectivity index is 2.20. The molecule has 1 aliphatic heterocycles. The third-order valence-electron chi connectivity index (χ3n) is 4.50. The second-order valence-corrected chi connectivity index (χ2v) is 5.48. The molecule has 16 heavy (non-hydrogen) atoms. The Morgan fingerprint density at radius 1 is 1.38 bits per heavy atom. The van der Waals surface area contributed by atoms with Crippen molar-refractivity contribution in [3.05, 3.63) is 0 Å². The molecule has 0 aromatic carbocycles. The van der Waals surface area contributed by atoms with E-state index < -0.39 is 11.5 Å². The number of hydrogen-bond acceptors (Lipinski definition) is 2. The molecule has 1 aliphatic carbocycles. The van der Waals surface area contributed by atoms with Crippen molar-refractivity contribution in [2.24, 2.45) is 5.92 Å². The molecule has 2 rings (SSSR count). The summed E-state index contributed by atoms with van der Waals surface area (Å²) in [5, 5.41) is 9.57. The van der Waals surface area contributed by atoms with Gasteiger partial charge in [-0.25, -0.2) is 0 Å². The molecule has 0 spiro atoms. The Labute approximate surface area is 97.8 Å². The summed E-state index contributed by atoms with van der Waals surface area (Å²) < 4.78 is 0. The maximum Gasteiger partial charge on any atom is 0.324 e. The van der Waals surface area contributed by atoms with Crippen LogP contribution in [0.1, 0.15) is 52.4 Å². The first-order chi connectivity index (χ1) is 7.60. The van der Waals surface area contributed by atoms with Gasteiger partial charge in [0.05, 0.1) is 0 Å². The number of carboxylic acid groups (broad SMARTS) is 1. The number of rotatable bonds is 4. The van der Waals surface area contributed by atoms with E-state index in [1.165, 1.54) is 12.8 Å². The molecule has 1 saturated carbocycles. The highest BCUT2D eigenvalue weighted by atomic mass is 16.4. The van der Waals surface area contributed by atoms with E-state index in [9.17, 15) is 9.90 Å². The number of piperidine rings is 1. The van der Waals surface area contributed by atoms with Crippen LogP contribution >= 0.6 is 0 Å².